The van der Waals surface area contributed by atoms with Crippen molar-refractivity contribution >= 4 is 63.7 Å². The first kappa shape index (κ1) is 21.7. The minimum Gasteiger partial charge on any atom is -0.358 e. The van der Waals surface area contributed by atoms with E-state index in [0.717, 1.165) is 21.7 Å². The number of nitrogens with zero attached hydrogens (tertiary/aromatic N) is 1. The van der Waals surface area contributed by atoms with Gasteiger partial charge in [-0.25, -0.2) is 0 Å². The van der Waals surface area contributed by atoms with Gasteiger partial charge in [0, 0.05) is 33.9 Å². The number of hydrogen-bond acceptors (Lipinski definition) is 5. The van der Waals surface area contributed by atoms with E-state index in [2.05, 4.69) is 16.0 Å². The van der Waals surface area contributed by atoms with Crippen LogP contribution in [0.2, 0.25) is 5.02 Å². The lowest BCUT2D eigenvalue weighted by atomic mass is 10.1. The molecule has 3 N–H and O–H groups in total. The van der Waals surface area contributed by atoms with Gasteiger partial charge in [0.25, 0.3) is 5.91 Å². The van der Waals surface area contributed by atoms with Crippen LogP contribution in [-0.2, 0) is 22.7 Å². The Balaban J connectivity index is 1.40. The molecule has 0 radical (unpaired) electrons. The highest BCUT2D eigenvalue weighted by Crippen LogP contribution is 2.33. The molecule has 0 saturated carbocycles. The van der Waals surface area contributed by atoms with Crippen molar-refractivity contribution in [2.24, 2.45) is 0 Å². The highest BCUT2D eigenvalue weighted by atomic mass is 35.5. The van der Waals surface area contributed by atoms with Crippen molar-refractivity contribution in [2.45, 2.75) is 45.3 Å². The number of thiocarbonyl (C=S) groups is 1. The molecule has 1 aromatic heterocycles. The van der Waals surface area contributed by atoms with Gasteiger partial charge >= 0.3 is 0 Å². The van der Waals surface area contributed by atoms with E-state index < -0.39 is 11.9 Å². The fourth-order valence-electron chi connectivity index (χ4n) is 3.75. The number of amides is 3. The van der Waals surface area contributed by atoms with Gasteiger partial charge in [-0.05, 0) is 55.2 Å². The molecule has 0 unspecified atom stereocenters. The summed E-state index contributed by atoms with van der Waals surface area (Å²) in [5, 5.41) is 11.6. The maximum absolute atomic E-state index is 12.9. The van der Waals surface area contributed by atoms with Crippen LogP contribution in [-0.4, -0.2) is 33.8 Å². The predicted octanol–water partition coefficient (Wildman–Crippen LogP) is 3.35. The van der Waals surface area contributed by atoms with Crippen molar-refractivity contribution in [3.63, 3.8) is 0 Å². The highest BCUT2D eigenvalue weighted by Gasteiger charge is 2.39. The van der Waals surface area contributed by atoms with Crippen LogP contribution in [0.1, 0.15) is 45.6 Å². The highest BCUT2D eigenvalue weighted by molar-refractivity contribution is 7.80. The normalized spacial score (nSPS) is 18.5. The van der Waals surface area contributed by atoms with Crippen LogP contribution in [0.3, 0.4) is 0 Å². The van der Waals surface area contributed by atoms with Gasteiger partial charge in [-0.15, -0.1) is 11.3 Å². The number of carbonyl (C=O) groups is 3. The number of aryl methyl sites for hydroxylation is 1. The van der Waals surface area contributed by atoms with E-state index in [1.165, 1.54) is 11.3 Å². The molecular weight excluding hydrogens is 456 g/mol. The van der Waals surface area contributed by atoms with Crippen molar-refractivity contribution in [1.82, 2.24) is 15.5 Å². The van der Waals surface area contributed by atoms with Crippen LogP contribution in [0.5, 0.6) is 0 Å². The Labute approximate surface area is 194 Å². The average molecular weight is 477 g/mol. The summed E-state index contributed by atoms with van der Waals surface area (Å²) >= 11 is 13.0. The molecule has 0 bridgehead atoms. The summed E-state index contributed by atoms with van der Waals surface area (Å²) in [4.78, 5) is 39.4. The van der Waals surface area contributed by atoms with E-state index in [9.17, 15) is 14.4 Å². The van der Waals surface area contributed by atoms with E-state index >= 15 is 0 Å². The zero-order valence-electron chi connectivity index (χ0n) is 16.8. The fourth-order valence-corrected chi connectivity index (χ4v) is 5.09. The Morgan fingerprint density at radius 3 is 2.94 bits per heavy atom. The number of anilines is 1. The van der Waals surface area contributed by atoms with Crippen molar-refractivity contribution in [1.29, 1.82) is 0 Å². The number of thiophene rings is 1. The molecule has 1 aromatic carbocycles. The van der Waals surface area contributed by atoms with Crippen LogP contribution >= 0.6 is 35.2 Å². The molecule has 162 valence electrons. The number of carbonyl (C=O) groups excluding carboxylic acids is 3. The predicted molar refractivity (Wildman–Crippen MR) is 124 cm³/mol. The number of rotatable bonds is 4. The smallest absolute Gasteiger partial charge is 0.256 e. The second-order valence-corrected chi connectivity index (χ2v) is 9.36. The van der Waals surface area contributed by atoms with E-state index in [0.29, 0.717) is 48.1 Å². The molecule has 3 amide bonds. The van der Waals surface area contributed by atoms with E-state index in [1.54, 1.807) is 4.90 Å². The zero-order chi connectivity index (χ0) is 22.1. The Kier molecular flexibility index (Phi) is 6.27. The fraction of sp³-hybridized carbons (Fsp3) is 0.333. The van der Waals surface area contributed by atoms with Crippen molar-refractivity contribution in [2.75, 3.05) is 5.32 Å². The first-order valence-corrected chi connectivity index (χ1v) is 11.5. The van der Waals surface area contributed by atoms with Crippen molar-refractivity contribution in [3.05, 3.63) is 50.2 Å². The van der Waals surface area contributed by atoms with Crippen molar-refractivity contribution < 1.29 is 14.4 Å². The van der Waals surface area contributed by atoms with E-state index in [-0.39, 0.29) is 11.8 Å². The molecule has 1 fully saturated rings. The number of fused-ring (bicyclic) bond motifs is 1. The molecule has 1 saturated heterocycles. The molecule has 3 heterocycles. The largest absolute Gasteiger partial charge is 0.358 e. The number of imide groups is 1. The van der Waals surface area contributed by atoms with Gasteiger partial charge in [0.05, 0.1) is 12.1 Å². The van der Waals surface area contributed by atoms with Crippen LogP contribution in [0, 0.1) is 6.92 Å². The third-order valence-corrected chi connectivity index (χ3v) is 7.14. The molecule has 2 aliphatic heterocycles. The van der Waals surface area contributed by atoms with Gasteiger partial charge in [-0.2, -0.15) is 0 Å². The summed E-state index contributed by atoms with van der Waals surface area (Å²) < 4.78 is 0. The van der Waals surface area contributed by atoms with Crippen LogP contribution in [0.15, 0.2) is 23.6 Å². The molecule has 31 heavy (non-hydrogen) atoms. The summed E-state index contributed by atoms with van der Waals surface area (Å²) in [6.07, 6.45) is 1.37. The third kappa shape index (κ3) is 4.58. The van der Waals surface area contributed by atoms with Crippen LogP contribution in [0.25, 0.3) is 0 Å². The van der Waals surface area contributed by atoms with E-state index in [1.807, 2.05) is 30.5 Å². The summed E-state index contributed by atoms with van der Waals surface area (Å²) in [5.74, 6) is -0.845. The molecule has 1 atom stereocenters. The average Bonchev–Trinajstić information content (AvgIpc) is 3.21. The SMILES string of the molecule is Cc1ccc(NC(=S)NCc2scc3c2CN([C@H]2CCCC(=O)NC2=O)C3=O)cc1Cl. The second-order valence-electron chi connectivity index (χ2n) is 7.58. The summed E-state index contributed by atoms with van der Waals surface area (Å²) in [6.45, 7) is 2.75. The van der Waals surface area contributed by atoms with Gasteiger partial charge in [0.15, 0.2) is 5.11 Å². The summed E-state index contributed by atoms with van der Waals surface area (Å²) in [6, 6.07) is 5.01. The molecule has 2 aliphatic rings. The number of nitrogens with one attached hydrogen (secondary N) is 3. The Hall–Kier alpha value is -2.49. The maximum atomic E-state index is 12.9. The molecule has 0 aliphatic carbocycles. The summed E-state index contributed by atoms with van der Waals surface area (Å²) in [5.41, 5.74) is 3.31. The quantitative estimate of drug-likeness (QED) is 0.463. The maximum Gasteiger partial charge on any atom is 0.256 e. The number of hydrogen-bond donors (Lipinski definition) is 3. The molecule has 0 spiro atoms. The first-order valence-electron chi connectivity index (χ1n) is 9.88. The molecule has 4 rings (SSSR count). The number of halogens is 1. The Morgan fingerprint density at radius 1 is 1.35 bits per heavy atom. The van der Waals surface area contributed by atoms with Gasteiger partial charge in [-0.3, -0.25) is 19.7 Å². The lowest BCUT2D eigenvalue weighted by Gasteiger charge is -2.25. The van der Waals surface area contributed by atoms with Crippen molar-refractivity contribution in [3.8, 4) is 0 Å². The van der Waals surface area contributed by atoms with Crippen LogP contribution < -0.4 is 16.0 Å². The van der Waals surface area contributed by atoms with Gasteiger partial charge in [0.2, 0.25) is 11.8 Å². The number of benzene rings is 1. The van der Waals surface area contributed by atoms with Gasteiger partial charge < -0.3 is 15.5 Å². The minimum absolute atomic E-state index is 0.165. The monoisotopic (exact) mass is 476 g/mol. The Morgan fingerprint density at radius 2 is 2.16 bits per heavy atom. The Bertz CT molecular complexity index is 1080. The van der Waals surface area contributed by atoms with Gasteiger partial charge in [-0.1, -0.05) is 17.7 Å². The summed E-state index contributed by atoms with van der Waals surface area (Å²) in [7, 11) is 0. The van der Waals surface area contributed by atoms with Crippen LogP contribution in [0.4, 0.5) is 5.69 Å². The van der Waals surface area contributed by atoms with Gasteiger partial charge in [0.1, 0.15) is 6.04 Å². The lowest BCUT2D eigenvalue weighted by Crippen LogP contribution is -2.47. The molecule has 7 nitrogen and oxygen atoms in total. The molecule has 2 aromatic rings. The third-order valence-electron chi connectivity index (χ3n) is 5.46. The second kappa shape index (κ2) is 8.94. The standard InChI is InChI=1S/C21H21ClN4O3S2/c1-11-5-6-12(7-15(11)22)24-21(30)23-8-17-13-9-26(20(29)14(13)10-31-17)16-3-2-4-18(27)25-19(16)28/h5-7,10,16H,2-4,8-9H2,1H3,(H2,23,24,30)(H,25,27,28)/t16-/m0/s1. The van der Waals surface area contributed by atoms with E-state index in [4.69, 9.17) is 23.8 Å². The zero-order valence-corrected chi connectivity index (χ0v) is 19.2. The lowest BCUT2D eigenvalue weighted by molar-refractivity contribution is -0.132. The minimum atomic E-state index is -0.619. The molecule has 10 heteroatoms. The molecular formula is C21H21ClN4O3S2. The first-order chi connectivity index (χ1) is 14.8. The topological polar surface area (TPSA) is 90.5 Å².